The van der Waals surface area contributed by atoms with Crippen LogP contribution in [-0.2, 0) is 11.3 Å². The molecule has 1 fully saturated rings. The molecule has 0 amide bonds. The van der Waals surface area contributed by atoms with Gasteiger partial charge in [0.05, 0.1) is 12.7 Å². The number of hydrogen-bond acceptors (Lipinski definition) is 3. The summed E-state index contributed by atoms with van der Waals surface area (Å²) in [5.74, 6) is 0. The maximum Gasteiger partial charge on any atom is 0.0850 e. The van der Waals surface area contributed by atoms with E-state index >= 15 is 0 Å². The number of hydrogen-bond donors (Lipinski definition) is 1. The molecule has 1 aromatic rings. The molecule has 0 aromatic heterocycles. The predicted octanol–water partition coefficient (Wildman–Crippen LogP) is 2.16. The summed E-state index contributed by atoms with van der Waals surface area (Å²) in [6.07, 6.45) is 0.167. The Bertz CT molecular complexity index is 443. The van der Waals surface area contributed by atoms with Crippen molar-refractivity contribution in [2.75, 3.05) is 19.7 Å². The van der Waals surface area contributed by atoms with Gasteiger partial charge in [-0.1, -0.05) is 12.1 Å². The number of ether oxygens (including phenoxy) is 1. The first-order valence-electron chi connectivity index (χ1n) is 7.13. The van der Waals surface area contributed by atoms with Crippen molar-refractivity contribution in [3.05, 3.63) is 34.4 Å². The average molecular weight is 262 g/mol. The summed E-state index contributed by atoms with van der Waals surface area (Å²) in [6, 6.07) is 4.71. The Hall–Kier alpha value is -0.900. The van der Waals surface area contributed by atoms with E-state index in [1.54, 1.807) is 0 Å². The third-order valence-corrected chi connectivity index (χ3v) is 4.11. The Balaban J connectivity index is 2.06. The molecule has 3 heteroatoms. The Morgan fingerprint density at radius 1 is 1.26 bits per heavy atom. The Kier molecular flexibility index (Phi) is 4.61. The van der Waals surface area contributed by atoms with E-state index in [0.29, 0.717) is 0 Å². The molecule has 1 aliphatic heterocycles. The van der Waals surface area contributed by atoms with Crippen molar-refractivity contribution in [2.24, 2.45) is 5.73 Å². The van der Waals surface area contributed by atoms with Crippen LogP contribution in [0.25, 0.3) is 0 Å². The molecule has 2 atom stereocenters. The van der Waals surface area contributed by atoms with E-state index in [4.69, 9.17) is 10.5 Å². The van der Waals surface area contributed by atoms with Crippen LogP contribution in [-0.4, -0.2) is 36.7 Å². The summed E-state index contributed by atoms with van der Waals surface area (Å²) < 4.78 is 5.71. The molecular formula is C16H26N2O. The molecule has 1 heterocycles. The average Bonchev–Trinajstić information content (AvgIpc) is 2.36. The van der Waals surface area contributed by atoms with Gasteiger partial charge in [-0.25, -0.2) is 0 Å². The van der Waals surface area contributed by atoms with Crippen molar-refractivity contribution in [1.82, 2.24) is 4.90 Å². The van der Waals surface area contributed by atoms with Gasteiger partial charge in [0, 0.05) is 25.7 Å². The summed E-state index contributed by atoms with van der Waals surface area (Å²) in [5.41, 5.74) is 11.5. The fourth-order valence-corrected chi connectivity index (χ4v) is 2.62. The lowest BCUT2D eigenvalue weighted by atomic mass is 10.00. The fourth-order valence-electron chi connectivity index (χ4n) is 2.62. The Morgan fingerprint density at radius 3 is 2.63 bits per heavy atom. The van der Waals surface area contributed by atoms with Crippen LogP contribution in [0, 0.1) is 20.8 Å². The van der Waals surface area contributed by atoms with Crippen LogP contribution in [0.5, 0.6) is 0 Å². The van der Waals surface area contributed by atoms with Crippen LogP contribution in [0.3, 0.4) is 0 Å². The van der Waals surface area contributed by atoms with E-state index in [0.717, 1.165) is 26.2 Å². The highest BCUT2D eigenvalue weighted by Crippen LogP contribution is 2.19. The van der Waals surface area contributed by atoms with Gasteiger partial charge in [-0.05, 0) is 49.9 Å². The minimum Gasteiger partial charge on any atom is -0.374 e. The number of aryl methyl sites for hydroxylation is 3. The molecule has 0 spiro atoms. The molecule has 1 aliphatic rings. The van der Waals surface area contributed by atoms with Crippen LogP contribution < -0.4 is 5.73 Å². The molecule has 2 rings (SSSR count). The standard InChI is InChI=1S/C16H26N2O/c1-11-7-13(3)15(8-12(11)2)9-18-5-6-19-16(10-18)14(4)17/h7-8,14,16H,5-6,9-10,17H2,1-4H3. The van der Waals surface area contributed by atoms with Crippen LogP contribution in [0.15, 0.2) is 12.1 Å². The lowest BCUT2D eigenvalue weighted by molar-refractivity contribution is -0.0404. The van der Waals surface area contributed by atoms with Gasteiger partial charge < -0.3 is 10.5 Å². The van der Waals surface area contributed by atoms with Gasteiger partial charge in [0.1, 0.15) is 0 Å². The van der Waals surface area contributed by atoms with E-state index in [-0.39, 0.29) is 12.1 Å². The lowest BCUT2D eigenvalue weighted by Gasteiger charge is -2.35. The van der Waals surface area contributed by atoms with Crippen molar-refractivity contribution in [1.29, 1.82) is 0 Å². The maximum absolute atomic E-state index is 5.94. The first kappa shape index (κ1) is 14.5. The second kappa shape index (κ2) is 6.04. The number of benzene rings is 1. The minimum absolute atomic E-state index is 0.101. The van der Waals surface area contributed by atoms with Gasteiger partial charge in [-0.3, -0.25) is 4.90 Å². The number of morpholine rings is 1. The predicted molar refractivity (Wildman–Crippen MR) is 79.3 cm³/mol. The van der Waals surface area contributed by atoms with E-state index in [1.165, 1.54) is 22.3 Å². The van der Waals surface area contributed by atoms with Crippen molar-refractivity contribution in [2.45, 2.75) is 46.4 Å². The topological polar surface area (TPSA) is 38.5 Å². The SMILES string of the molecule is Cc1cc(C)c(CN2CCOC(C(C)N)C2)cc1C. The van der Waals surface area contributed by atoms with Gasteiger partial charge in [0.2, 0.25) is 0 Å². The smallest absolute Gasteiger partial charge is 0.0850 e. The highest BCUT2D eigenvalue weighted by Gasteiger charge is 2.23. The second-order valence-corrected chi connectivity index (χ2v) is 5.87. The molecule has 1 aromatic carbocycles. The highest BCUT2D eigenvalue weighted by molar-refractivity contribution is 5.36. The fraction of sp³-hybridized carbons (Fsp3) is 0.625. The van der Waals surface area contributed by atoms with Gasteiger partial charge >= 0.3 is 0 Å². The first-order valence-corrected chi connectivity index (χ1v) is 7.13. The van der Waals surface area contributed by atoms with Crippen molar-refractivity contribution in [3.8, 4) is 0 Å². The summed E-state index contributed by atoms with van der Waals surface area (Å²) >= 11 is 0. The third-order valence-electron chi connectivity index (χ3n) is 4.11. The van der Waals surface area contributed by atoms with Crippen LogP contribution >= 0.6 is 0 Å². The monoisotopic (exact) mass is 262 g/mol. The van der Waals surface area contributed by atoms with E-state index < -0.39 is 0 Å². The molecular weight excluding hydrogens is 236 g/mol. The quantitative estimate of drug-likeness (QED) is 0.907. The maximum atomic E-state index is 5.94. The number of nitrogens with two attached hydrogens (primary N) is 1. The first-order chi connectivity index (χ1) is 8.97. The highest BCUT2D eigenvalue weighted by atomic mass is 16.5. The van der Waals surface area contributed by atoms with Gasteiger partial charge in [-0.2, -0.15) is 0 Å². The molecule has 3 nitrogen and oxygen atoms in total. The summed E-state index contributed by atoms with van der Waals surface area (Å²) in [6.45, 7) is 12.3. The number of nitrogens with zero attached hydrogens (tertiary/aromatic N) is 1. The van der Waals surface area contributed by atoms with E-state index in [2.05, 4.69) is 37.8 Å². The summed E-state index contributed by atoms with van der Waals surface area (Å²) in [4.78, 5) is 2.45. The zero-order chi connectivity index (χ0) is 14.0. The lowest BCUT2D eigenvalue weighted by Crippen LogP contribution is -2.49. The minimum atomic E-state index is 0.101. The summed E-state index contributed by atoms with van der Waals surface area (Å²) in [7, 11) is 0. The Labute approximate surface area is 116 Å². The van der Waals surface area contributed by atoms with Crippen LogP contribution in [0.1, 0.15) is 29.2 Å². The van der Waals surface area contributed by atoms with Crippen molar-refractivity contribution >= 4 is 0 Å². The largest absolute Gasteiger partial charge is 0.374 e. The van der Waals surface area contributed by atoms with Gasteiger partial charge in [0.25, 0.3) is 0 Å². The van der Waals surface area contributed by atoms with Gasteiger partial charge in [-0.15, -0.1) is 0 Å². The second-order valence-electron chi connectivity index (χ2n) is 5.87. The molecule has 19 heavy (non-hydrogen) atoms. The molecule has 1 saturated heterocycles. The molecule has 2 unspecified atom stereocenters. The Morgan fingerprint density at radius 2 is 1.95 bits per heavy atom. The van der Waals surface area contributed by atoms with Crippen LogP contribution in [0.2, 0.25) is 0 Å². The molecule has 2 N–H and O–H groups in total. The molecule has 0 aliphatic carbocycles. The molecule has 106 valence electrons. The normalized spacial score (nSPS) is 22.5. The summed E-state index contributed by atoms with van der Waals surface area (Å²) in [5, 5.41) is 0. The van der Waals surface area contributed by atoms with Gasteiger partial charge in [0.15, 0.2) is 0 Å². The van der Waals surface area contributed by atoms with E-state index in [9.17, 15) is 0 Å². The third kappa shape index (κ3) is 3.56. The molecule has 0 saturated carbocycles. The zero-order valence-corrected chi connectivity index (χ0v) is 12.6. The number of rotatable bonds is 3. The zero-order valence-electron chi connectivity index (χ0n) is 12.6. The molecule has 0 radical (unpaired) electrons. The van der Waals surface area contributed by atoms with E-state index in [1.807, 2.05) is 6.92 Å². The van der Waals surface area contributed by atoms with Crippen LogP contribution in [0.4, 0.5) is 0 Å². The molecule has 0 bridgehead atoms. The van der Waals surface area contributed by atoms with Crippen molar-refractivity contribution < 1.29 is 4.74 Å². The van der Waals surface area contributed by atoms with Crippen molar-refractivity contribution in [3.63, 3.8) is 0 Å².